The maximum absolute atomic E-state index is 5.48. The molecule has 0 amide bonds. The number of nitrogens with one attached hydrogen (secondary N) is 1. The van der Waals surface area contributed by atoms with Crippen LogP contribution < -0.4 is 5.32 Å². The largest absolute Gasteiger partial charge is 0.381 e. The average molecular weight is 329 g/mol. The lowest BCUT2D eigenvalue weighted by molar-refractivity contribution is 0.181. The van der Waals surface area contributed by atoms with Gasteiger partial charge in [0.05, 0.1) is 17.6 Å². The molecule has 3 rings (SSSR count). The number of para-hydroxylation sites is 2. The molecule has 1 aliphatic rings. The van der Waals surface area contributed by atoms with E-state index in [0.29, 0.717) is 12.5 Å². The zero-order chi connectivity index (χ0) is 16.9. The van der Waals surface area contributed by atoms with Gasteiger partial charge in [-0.25, -0.2) is 9.98 Å². The van der Waals surface area contributed by atoms with Crippen LogP contribution in [0.1, 0.15) is 19.2 Å². The van der Waals surface area contributed by atoms with Crippen molar-refractivity contribution in [2.45, 2.75) is 19.9 Å². The molecule has 1 aliphatic heterocycles. The molecule has 6 heteroatoms. The molecule has 0 aliphatic carbocycles. The number of imidazole rings is 1. The van der Waals surface area contributed by atoms with E-state index in [2.05, 4.69) is 34.8 Å². The van der Waals surface area contributed by atoms with Crippen molar-refractivity contribution in [3.05, 3.63) is 30.1 Å². The molecule has 0 spiro atoms. The summed E-state index contributed by atoms with van der Waals surface area (Å²) in [7, 11) is 4.14. The highest BCUT2D eigenvalue weighted by atomic mass is 16.5. The molecule has 0 saturated carbocycles. The van der Waals surface area contributed by atoms with E-state index in [0.717, 1.165) is 55.5 Å². The van der Waals surface area contributed by atoms with E-state index in [1.807, 2.05) is 25.2 Å². The Balaban J connectivity index is 1.73. The molecule has 24 heavy (non-hydrogen) atoms. The number of nitrogens with zero attached hydrogens (tertiary/aromatic N) is 4. The molecule has 130 valence electrons. The zero-order valence-electron chi connectivity index (χ0n) is 14.8. The third-order valence-electron chi connectivity index (χ3n) is 4.50. The fourth-order valence-electron chi connectivity index (χ4n) is 3.15. The van der Waals surface area contributed by atoms with Crippen LogP contribution in [0.15, 0.2) is 29.3 Å². The Morgan fingerprint density at radius 2 is 2.29 bits per heavy atom. The molecule has 1 aromatic heterocycles. The van der Waals surface area contributed by atoms with Crippen molar-refractivity contribution >= 4 is 17.0 Å². The van der Waals surface area contributed by atoms with Crippen molar-refractivity contribution < 1.29 is 4.74 Å². The standard InChI is InChI=1S/C18H27N5O/c1-4-19-18(22(2)12-14-9-10-24-13-14)20-11-17-21-15-7-5-6-8-16(15)23(17)3/h5-8,14H,4,9-13H2,1-3H3,(H,19,20). The van der Waals surface area contributed by atoms with Gasteiger partial charge in [0, 0.05) is 39.7 Å². The summed E-state index contributed by atoms with van der Waals surface area (Å²) in [5.74, 6) is 2.50. The summed E-state index contributed by atoms with van der Waals surface area (Å²) in [6.07, 6.45) is 1.13. The predicted octanol–water partition coefficient (Wildman–Crippen LogP) is 2.01. The van der Waals surface area contributed by atoms with Crippen LogP contribution in [-0.2, 0) is 18.3 Å². The molecule has 1 fully saturated rings. The van der Waals surface area contributed by atoms with Gasteiger partial charge in [-0.05, 0) is 25.5 Å². The first-order valence-electron chi connectivity index (χ1n) is 8.66. The third-order valence-corrected chi connectivity index (χ3v) is 4.50. The Bertz CT molecular complexity index is 702. The molecule has 1 N–H and O–H groups in total. The predicted molar refractivity (Wildman–Crippen MR) is 97.1 cm³/mol. The smallest absolute Gasteiger partial charge is 0.194 e. The summed E-state index contributed by atoms with van der Waals surface area (Å²) in [5.41, 5.74) is 2.16. The van der Waals surface area contributed by atoms with Crippen molar-refractivity contribution in [1.82, 2.24) is 19.8 Å². The summed E-state index contributed by atoms with van der Waals surface area (Å²) in [6, 6.07) is 8.19. The summed E-state index contributed by atoms with van der Waals surface area (Å²) in [6.45, 7) is 6.22. The molecule has 0 bridgehead atoms. The molecule has 1 unspecified atom stereocenters. The van der Waals surface area contributed by atoms with Crippen LogP contribution in [0.5, 0.6) is 0 Å². The van der Waals surface area contributed by atoms with E-state index < -0.39 is 0 Å². The lowest BCUT2D eigenvalue weighted by atomic mass is 10.1. The van der Waals surface area contributed by atoms with Crippen molar-refractivity contribution in [2.75, 3.05) is 33.4 Å². The van der Waals surface area contributed by atoms with E-state index in [1.54, 1.807) is 0 Å². The number of rotatable bonds is 5. The second-order valence-electron chi connectivity index (χ2n) is 6.36. The Labute approximate surface area is 143 Å². The average Bonchev–Trinajstić information content (AvgIpc) is 3.20. The second kappa shape index (κ2) is 7.66. The number of hydrogen-bond donors (Lipinski definition) is 1. The van der Waals surface area contributed by atoms with Gasteiger partial charge in [-0.1, -0.05) is 12.1 Å². The number of aromatic nitrogens is 2. The molecule has 6 nitrogen and oxygen atoms in total. The number of aliphatic imine (C=N–C) groups is 1. The topological polar surface area (TPSA) is 54.7 Å². The number of guanidine groups is 1. The minimum atomic E-state index is 0.568. The Morgan fingerprint density at radius 3 is 3.00 bits per heavy atom. The summed E-state index contributed by atoms with van der Waals surface area (Å²) in [4.78, 5) is 11.7. The van der Waals surface area contributed by atoms with E-state index in [4.69, 9.17) is 14.7 Å². The van der Waals surface area contributed by atoms with Gasteiger partial charge in [-0.2, -0.15) is 0 Å². The Kier molecular flexibility index (Phi) is 5.35. The highest BCUT2D eigenvalue weighted by Crippen LogP contribution is 2.15. The molecule has 1 aromatic carbocycles. The van der Waals surface area contributed by atoms with Crippen LogP contribution in [0.2, 0.25) is 0 Å². The first kappa shape index (κ1) is 16.8. The van der Waals surface area contributed by atoms with Gasteiger partial charge in [-0.15, -0.1) is 0 Å². The molecule has 1 saturated heterocycles. The second-order valence-corrected chi connectivity index (χ2v) is 6.36. The van der Waals surface area contributed by atoms with Gasteiger partial charge >= 0.3 is 0 Å². The maximum Gasteiger partial charge on any atom is 0.194 e. The van der Waals surface area contributed by atoms with Gasteiger partial charge in [0.15, 0.2) is 5.96 Å². The van der Waals surface area contributed by atoms with E-state index in [9.17, 15) is 0 Å². The zero-order valence-corrected chi connectivity index (χ0v) is 14.8. The molecular weight excluding hydrogens is 302 g/mol. The monoisotopic (exact) mass is 329 g/mol. The molecule has 2 heterocycles. The third kappa shape index (κ3) is 3.70. The number of aryl methyl sites for hydroxylation is 1. The fraction of sp³-hybridized carbons (Fsp3) is 0.556. The molecule has 2 aromatic rings. The lowest BCUT2D eigenvalue weighted by Crippen LogP contribution is -2.41. The summed E-state index contributed by atoms with van der Waals surface area (Å²) in [5, 5.41) is 3.38. The first-order valence-corrected chi connectivity index (χ1v) is 8.66. The van der Waals surface area contributed by atoms with Crippen molar-refractivity contribution in [2.24, 2.45) is 18.0 Å². The molecule has 0 radical (unpaired) electrons. The Hall–Kier alpha value is -2.08. The van der Waals surface area contributed by atoms with Crippen LogP contribution >= 0.6 is 0 Å². The lowest BCUT2D eigenvalue weighted by Gasteiger charge is -2.24. The van der Waals surface area contributed by atoms with E-state index in [1.165, 1.54) is 0 Å². The quantitative estimate of drug-likeness (QED) is 0.673. The fourth-order valence-corrected chi connectivity index (χ4v) is 3.15. The summed E-state index contributed by atoms with van der Waals surface area (Å²) >= 11 is 0. The molecular formula is C18H27N5O. The van der Waals surface area contributed by atoms with E-state index in [-0.39, 0.29) is 0 Å². The van der Waals surface area contributed by atoms with Gasteiger partial charge in [0.1, 0.15) is 12.4 Å². The minimum absolute atomic E-state index is 0.568. The normalized spacial score (nSPS) is 18.3. The van der Waals surface area contributed by atoms with Crippen molar-refractivity contribution in [3.8, 4) is 0 Å². The van der Waals surface area contributed by atoms with E-state index >= 15 is 0 Å². The van der Waals surface area contributed by atoms with Crippen molar-refractivity contribution in [1.29, 1.82) is 0 Å². The van der Waals surface area contributed by atoms with Crippen LogP contribution in [0.3, 0.4) is 0 Å². The molecule has 1 atom stereocenters. The van der Waals surface area contributed by atoms with Crippen molar-refractivity contribution in [3.63, 3.8) is 0 Å². The Morgan fingerprint density at radius 1 is 1.46 bits per heavy atom. The van der Waals surface area contributed by atoms with Crippen LogP contribution in [0.4, 0.5) is 0 Å². The highest BCUT2D eigenvalue weighted by Gasteiger charge is 2.19. The minimum Gasteiger partial charge on any atom is -0.381 e. The maximum atomic E-state index is 5.48. The number of hydrogen-bond acceptors (Lipinski definition) is 3. The van der Waals surface area contributed by atoms with Gasteiger partial charge in [-0.3, -0.25) is 0 Å². The van der Waals surface area contributed by atoms with Gasteiger partial charge < -0.3 is 19.5 Å². The summed E-state index contributed by atoms with van der Waals surface area (Å²) < 4.78 is 7.59. The number of ether oxygens (including phenoxy) is 1. The van der Waals surface area contributed by atoms with Crippen LogP contribution in [0.25, 0.3) is 11.0 Å². The first-order chi connectivity index (χ1) is 11.7. The van der Waals surface area contributed by atoms with Crippen LogP contribution in [-0.4, -0.2) is 53.8 Å². The van der Waals surface area contributed by atoms with Gasteiger partial charge in [0.25, 0.3) is 0 Å². The highest BCUT2D eigenvalue weighted by molar-refractivity contribution is 5.80. The van der Waals surface area contributed by atoms with Gasteiger partial charge in [0.2, 0.25) is 0 Å². The SMILES string of the molecule is CCNC(=NCc1nc2ccccc2n1C)N(C)CC1CCOC1. The number of fused-ring (bicyclic) bond motifs is 1. The number of benzene rings is 1. The van der Waals surface area contributed by atoms with Crippen LogP contribution in [0, 0.1) is 5.92 Å².